The number of nitrogens with one attached hydrogen (secondary N) is 2. The molecule has 2 amide bonds. The highest BCUT2D eigenvalue weighted by Gasteiger charge is 2.13. The van der Waals surface area contributed by atoms with Gasteiger partial charge in [0.05, 0.1) is 5.56 Å². The molecule has 0 radical (unpaired) electrons. The van der Waals surface area contributed by atoms with Gasteiger partial charge in [0.15, 0.2) is 0 Å². The van der Waals surface area contributed by atoms with Crippen LogP contribution in [-0.2, 0) is 0 Å². The average molecular weight is 238 g/mol. The molecule has 0 saturated carbocycles. The Bertz CT molecular complexity index is 420. The van der Waals surface area contributed by atoms with Gasteiger partial charge in [-0.05, 0) is 19.1 Å². The van der Waals surface area contributed by atoms with Crippen molar-refractivity contribution in [1.82, 2.24) is 10.6 Å². The van der Waals surface area contributed by atoms with Gasteiger partial charge in [-0.3, -0.25) is 4.79 Å². The first-order valence-electron chi connectivity index (χ1n) is 5.06. The Balaban J connectivity index is 2.55. The minimum Gasteiger partial charge on any atom is -0.507 e. The minimum absolute atomic E-state index is 0.106. The molecule has 17 heavy (non-hydrogen) atoms. The van der Waals surface area contributed by atoms with Gasteiger partial charge in [0.1, 0.15) is 5.75 Å². The predicted molar refractivity (Wildman–Crippen MR) is 61.1 cm³/mol. The molecule has 1 unspecified atom stereocenters. The molecule has 1 atom stereocenters. The summed E-state index contributed by atoms with van der Waals surface area (Å²) >= 11 is 0. The normalized spacial score (nSPS) is 11.6. The number of phenols is 1. The number of rotatable bonds is 4. The fourth-order valence-electron chi connectivity index (χ4n) is 1.26. The van der Waals surface area contributed by atoms with E-state index in [4.69, 9.17) is 5.11 Å². The predicted octanol–water partition coefficient (Wildman–Crippen LogP) is 0.778. The molecule has 0 spiro atoms. The second kappa shape index (κ2) is 5.74. The number of carboxylic acid groups (broad SMARTS) is 1. The van der Waals surface area contributed by atoms with Crippen LogP contribution in [0.5, 0.6) is 5.75 Å². The third kappa shape index (κ3) is 4.02. The zero-order chi connectivity index (χ0) is 12.8. The van der Waals surface area contributed by atoms with Gasteiger partial charge in [0, 0.05) is 12.6 Å². The molecule has 0 aliphatic rings. The second-order valence-corrected chi connectivity index (χ2v) is 3.58. The molecule has 1 aromatic rings. The van der Waals surface area contributed by atoms with Gasteiger partial charge in [-0.1, -0.05) is 12.1 Å². The fourth-order valence-corrected chi connectivity index (χ4v) is 1.26. The first-order chi connectivity index (χ1) is 8.00. The summed E-state index contributed by atoms with van der Waals surface area (Å²) < 4.78 is 0. The van der Waals surface area contributed by atoms with E-state index in [-0.39, 0.29) is 23.9 Å². The number of para-hydroxylation sites is 1. The lowest BCUT2D eigenvalue weighted by Crippen LogP contribution is -2.41. The van der Waals surface area contributed by atoms with Gasteiger partial charge in [0.25, 0.3) is 5.91 Å². The van der Waals surface area contributed by atoms with Gasteiger partial charge in [-0.25, -0.2) is 4.79 Å². The van der Waals surface area contributed by atoms with E-state index in [2.05, 4.69) is 10.6 Å². The molecular weight excluding hydrogens is 224 g/mol. The van der Waals surface area contributed by atoms with Gasteiger partial charge < -0.3 is 20.8 Å². The summed E-state index contributed by atoms with van der Waals surface area (Å²) in [6.07, 6.45) is -1.14. The van der Waals surface area contributed by atoms with E-state index < -0.39 is 12.0 Å². The Hall–Kier alpha value is -2.24. The molecule has 92 valence electrons. The Kier molecular flexibility index (Phi) is 4.33. The number of carbonyl (C=O) groups is 2. The number of hydrogen-bond acceptors (Lipinski definition) is 3. The standard InChI is InChI=1S/C11H14N2O4/c1-7(6-12-11(16)17)13-10(15)8-4-2-3-5-9(8)14/h2-5,7,12,14H,6H2,1H3,(H,13,15)(H,16,17). The Morgan fingerprint density at radius 2 is 2.00 bits per heavy atom. The number of hydrogen-bond donors (Lipinski definition) is 4. The lowest BCUT2D eigenvalue weighted by Gasteiger charge is -2.14. The van der Waals surface area contributed by atoms with E-state index in [0.717, 1.165) is 0 Å². The van der Waals surface area contributed by atoms with Gasteiger partial charge >= 0.3 is 6.09 Å². The van der Waals surface area contributed by atoms with Gasteiger partial charge in [-0.15, -0.1) is 0 Å². The Morgan fingerprint density at radius 1 is 1.35 bits per heavy atom. The monoisotopic (exact) mass is 238 g/mol. The molecule has 6 nitrogen and oxygen atoms in total. The summed E-state index contributed by atoms with van der Waals surface area (Å²) in [5.74, 6) is -0.550. The lowest BCUT2D eigenvalue weighted by molar-refractivity contribution is 0.0936. The van der Waals surface area contributed by atoms with Crippen molar-refractivity contribution in [2.24, 2.45) is 0 Å². The van der Waals surface area contributed by atoms with Crippen molar-refractivity contribution < 1.29 is 19.8 Å². The third-order valence-electron chi connectivity index (χ3n) is 2.09. The first kappa shape index (κ1) is 12.8. The number of amides is 2. The maximum Gasteiger partial charge on any atom is 0.404 e. The van der Waals surface area contributed by atoms with Crippen molar-refractivity contribution in [3.8, 4) is 5.75 Å². The molecule has 1 aromatic carbocycles. The summed E-state index contributed by atoms with van der Waals surface area (Å²) in [7, 11) is 0. The van der Waals surface area contributed by atoms with Crippen LogP contribution < -0.4 is 10.6 Å². The molecule has 0 saturated heterocycles. The van der Waals surface area contributed by atoms with Gasteiger partial charge in [0.2, 0.25) is 0 Å². The topological polar surface area (TPSA) is 98.7 Å². The molecule has 4 N–H and O–H groups in total. The van der Waals surface area contributed by atoms with Crippen molar-refractivity contribution in [1.29, 1.82) is 0 Å². The molecular formula is C11H14N2O4. The van der Waals surface area contributed by atoms with Crippen LogP contribution in [0.25, 0.3) is 0 Å². The third-order valence-corrected chi connectivity index (χ3v) is 2.09. The fraction of sp³-hybridized carbons (Fsp3) is 0.273. The Labute approximate surface area is 98.3 Å². The zero-order valence-corrected chi connectivity index (χ0v) is 9.30. The smallest absolute Gasteiger partial charge is 0.404 e. The lowest BCUT2D eigenvalue weighted by atomic mass is 10.2. The Morgan fingerprint density at radius 3 is 2.59 bits per heavy atom. The molecule has 0 heterocycles. The van der Waals surface area contributed by atoms with Crippen LogP contribution in [0.15, 0.2) is 24.3 Å². The van der Waals surface area contributed by atoms with Crippen LogP contribution in [0.3, 0.4) is 0 Å². The summed E-state index contributed by atoms with van der Waals surface area (Å²) in [5.41, 5.74) is 0.162. The van der Waals surface area contributed by atoms with Crippen molar-refractivity contribution in [2.75, 3.05) is 6.54 Å². The molecule has 0 aliphatic carbocycles. The summed E-state index contributed by atoms with van der Waals surface area (Å²) in [6.45, 7) is 1.77. The van der Waals surface area contributed by atoms with Crippen LogP contribution in [0, 0.1) is 0 Å². The average Bonchev–Trinajstić information content (AvgIpc) is 2.26. The highest BCUT2D eigenvalue weighted by molar-refractivity contribution is 5.96. The van der Waals surface area contributed by atoms with Crippen LogP contribution in [0.4, 0.5) is 4.79 Å². The molecule has 0 bridgehead atoms. The van der Waals surface area contributed by atoms with Crippen LogP contribution in [0.2, 0.25) is 0 Å². The minimum atomic E-state index is -1.14. The molecule has 0 fully saturated rings. The SMILES string of the molecule is CC(CNC(=O)O)NC(=O)c1ccccc1O. The number of carbonyl (C=O) groups excluding carboxylic acids is 1. The van der Waals surface area contributed by atoms with Crippen molar-refractivity contribution >= 4 is 12.0 Å². The maximum atomic E-state index is 11.7. The largest absolute Gasteiger partial charge is 0.507 e. The van der Waals surface area contributed by atoms with E-state index in [9.17, 15) is 14.7 Å². The second-order valence-electron chi connectivity index (χ2n) is 3.58. The highest BCUT2D eigenvalue weighted by atomic mass is 16.4. The molecule has 6 heteroatoms. The van der Waals surface area contributed by atoms with Gasteiger partial charge in [-0.2, -0.15) is 0 Å². The van der Waals surface area contributed by atoms with Crippen molar-refractivity contribution in [2.45, 2.75) is 13.0 Å². The number of aromatic hydroxyl groups is 1. The van der Waals surface area contributed by atoms with Crippen molar-refractivity contribution in [3.05, 3.63) is 29.8 Å². The highest BCUT2D eigenvalue weighted by Crippen LogP contribution is 2.15. The molecule has 0 aliphatic heterocycles. The maximum absolute atomic E-state index is 11.7. The summed E-state index contributed by atoms with van der Waals surface area (Å²) in [5, 5.41) is 22.6. The quantitative estimate of drug-likeness (QED) is 0.623. The molecule has 0 aromatic heterocycles. The van der Waals surface area contributed by atoms with E-state index >= 15 is 0 Å². The number of phenolic OH excluding ortho intramolecular Hbond substituents is 1. The number of benzene rings is 1. The van der Waals surface area contributed by atoms with Crippen LogP contribution in [0.1, 0.15) is 17.3 Å². The van der Waals surface area contributed by atoms with Crippen LogP contribution in [-0.4, -0.2) is 34.8 Å². The molecule has 1 rings (SSSR count). The van der Waals surface area contributed by atoms with Crippen molar-refractivity contribution in [3.63, 3.8) is 0 Å². The van der Waals surface area contributed by atoms with E-state index in [0.29, 0.717) is 0 Å². The van der Waals surface area contributed by atoms with E-state index in [1.807, 2.05) is 0 Å². The summed E-state index contributed by atoms with van der Waals surface area (Å²) in [6, 6.07) is 5.78. The van der Waals surface area contributed by atoms with E-state index in [1.165, 1.54) is 12.1 Å². The summed E-state index contributed by atoms with van der Waals surface area (Å²) in [4.78, 5) is 21.9. The zero-order valence-electron chi connectivity index (χ0n) is 9.30. The van der Waals surface area contributed by atoms with E-state index in [1.54, 1.807) is 19.1 Å². The first-order valence-corrected chi connectivity index (χ1v) is 5.06. The van der Waals surface area contributed by atoms with Crippen LogP contribution >= 0.6 is 0 Å².